The van der Waals surface area contributed by atoms with Gasteiger partial charge in [-0.15, -0.1) is 0 Å². The quantitative estimate of drug-likeness (QED) is 0.490. The second-order valence-corrected chi connectivity index (χ2v) is 6.44. The molecule has 0 radical (unpaired) electrons. The second-order valence-electron chi connectivity index (χ2n) is 6.03. The van der Waals surface area contributed by atoms with Crippen LogP contribution >= 0.6 is 11.6 Å². The summed E-state index contributed by atoms with van der Waals surface area (Å²) < 4.78 is 17.5. The van der Waals surface area contributed by atoms with E-state index >= 15 is 0 Å². The lowest BCUT2D eigenvalue weighted by Crippen LogP contribution is -2.06. The van der Waals surface area contributed by atoms with E-state index < -0.39 is 5.95 Å². The van der Waals surface area contributed by atoms with Crippen molar-refractivity contribution in [2.24, 2.45) is 0 Å². The Morgan fingerprint density at radius 1 is 1.12 bits per heavy atom. The molecule has 0 spiro atoms. The minimum absolute atomic E-state index is 0.494. The van der Waals surface area contributed by atoms with Gasteiger partial charge in [0.15, 0.2) is 11.5 Å². The lowest BCUT2D eigenvalue weighted by atomic mass is 10.2. The van der Waals surface area contributed by atoms with E-state index in [-0.39, 0.29) is 0 Å². The van der Waals surface area contributed by atoms with Gasteiger partial charge in [-0.05, 0) is 30.7 Å². The maximum Gasteiger partial charge on any atom is 0.213 e. The second kappa shape index (κ2) is 6.88. The highest BCUT2D eigenvalue weighted by atomic mass is 35.5. The Bertz CT molecular complexity index is 1070. The van der Waals surface area contributed by atoms with Gasteiger partial charge in [-0.2, -0.15) is 4.39 Å². The SMILES string of the molecule is CCCc1c(Cn2ccnc2-c2cccc(F)n2)nc2c(Cl)cccn12. The third kappa shape index (κ3) is 2.97. The molecule has 7 heteroatoms. The van der Waals surface area contributed by atoms with E-state index in [1.807, 2.05) is 33.5 Å². The monoisotopic (exact) mass is 369 g/mol. The van der Waals surface area contributed by atoms with E-state index in [2.05, 4.69) is 16.9 Å². The number of imidazole rings is 2. The van der Waals surface area contributed by atoms with E-state index in [4.69, 9.17) is 16.6 Å². The summed E-state index contributed by atoms with van der Waals surface area (Å²) in [7, 11) is 0. The molecule has 0 aliphatic carbocycles. The summed E-state index contributed by atoms with van der Waals surface area (Å²) >= 11 is 6.31. The Kier molecular flexibility index (Phi) is 4.42. The Morgan fingerprint density at radius 3 is 2.81 bits per heavy atom. The van der Waals surface area contributed by atoms with Gasteiger partial charge in [0.1, 0.15) is 5.69 Å². The summed E-state index contributed by atoms with van der Waals surface area (Å²) in [6.07, 6.45) is 7.40. The Hall–Kier alpha value is -2.73. The third-order valence-electron chi connectivity index (χ3n) is 4.25. The molecule has 0 saturated carbocycles. The molecule has 0 saturated heterocycles. The number of hydrogen-bond donors (Lipinski definition) is 0. The number of halogens is 2. The Balaban J connectivity index is 1.78. The first kappa shape index (κ1) is 16.7. The number of hydrogen-bond acceptors (Lipinski definition) is 3. The lowest BCUT2D eigenvalue weighted by Gasteiger charge is -2.08. The van der Waals surface area contributed by atoms with E-state index in [1.165, 1.54) is 6.07 Å². The molecule has 4 aromatic heterocycles. The van der Waals surface area contributed by atoms with Gasteiger partial charge in [0.2, 0.25) is 5.95 Å². The van der Waals surface area contributed by atoms with Gasteiger partial charge in [0.25, 0.3) is 0 Å². The van der Waals surface area contributed by atoms with Crippen LogP contribution in [0, 0.1) is 5.95 Å². The van der Waals surface area contributed by atoms with Crippen LogP contribution in [0.25, 0.3) is 17.2 Å². The topological polar surface area (TPSA) is 48.0 Å². The van der Waals surface area contributed by atoms with Crippen molar-refractivity contribution in [3.05, 3.63) is 71.3 Å². The number of aromatic nitrogens is 5. The zero-order valence-corrected chi connectivity index (χ0v) is 15.0. The van der Waals surface area contributed by atoms with Crippen LogP contribution in [0.2, 0.25) is 5.02 Å². The molecule has 132 valence electrons. The number of rotatable bonds is 5. The highest BCUT2D eigenvalue weighted by Crippen LogP contribution is 2.23. The van der Waals surface area contributed by atoms with Gasteiger partial charge in [-0.3, -0.25) is 0 Å². The maximum atomic E-state index is 13.5. The van der Waals surface area contributed by atoms with E-state index in [1.54, 1.807) is 18.3 Å². The molecule has 0 bridgehead atoms. The molecule has 0 aliphatic rings. The molecule has 0 atom stereocenters. The van der Waals surface area contributed by atoms with Gasteiger partial charge >= 0.3 is 0 Å². The number of pyridine rings is 2. The fraction of sp³-hybridized carbons (Fsp3) is 0.211. The van der Waals surface area contributed by atoms with Crippen LogP contribution in [-0.2, 0) is 13.0 Å². The molecule has 0 aliphatic heterocycles. The van der Waals surface area contributed by atoms with Crippen LogP contribution < -0.4 is 0 Å². The van der Waals surface area contributed by atoms with Crippen molar-refractivity contribution >= 4 is 17.2 Å². The van der Waals surface area contributed by atoms with Crippen molar-refractivity contribution in [2.45, 2.75) is 26.3 Å². The predicted octanol–water partition coefficient (Wildman–Crippen LogP) is 4.39. The molecule has 0 N–H and O–H groups in total. The molecular formula is C19H17ClFN5. The Morgan fingerprint density at radius 2 is 2.00 bits per heavy atom. The summed E-state index contributed by atoms with van der Waals surface area (Å²) in [6.45, 7) is 2.65. The first-order valence-electron chi connectivity index (χ1n) is 8.45. The average Bonchev–Trinajstić information content (AvgIpc) is 3.22. The summed E-state index contributed by atoms with van der Waals surface area (Å²) in [5.74, 6) is 0.0818. The molecule has 0 aromatic carbocycles. The van der Waals surface area contributed by atoms with Gasteiger partial charge < -0.3 is 8.97 Å². The fourth-order valence-corrected chi connectivity index (χ4v) is 3.33. The summed E-state index contributed by atoms with van der Waals surface area (Å²) in [4.78, 5) is 13.0. The molecular weight excluding hydrogens is 353 g/mol. The van der Waals surface area contributed by atoms with Crippen LogP contribution in [0.3, 0.4) is 0 Å². The molecule has 4 aromatic rings. The first-order valence-corrected chi connectivity index (χ1v) is 8.83. The predicted molar refractivity (Wildman–Crippen MR) is 98.7 cm³/mol. The van der Waals surface area contributed by atoms with Crippen molar-refractivity contribution in [1.29, 1.82) is 0 Å². The summed E-state index contributed by atoms with van der Waals surface area (Å²) in [5, 5.41) is 0.619. The number of nitrogens with zero attached hydrogens (tertiary/aromatic N) is 5. The number of fused-ring (bicyclic) bond motifs is 1. The minimum atomic E-state index is -0.525. The largest absolute Gasteiger partial charge is 0.324 e. The van der Waals surface area contributed by atoms with Crippen LogP contribution in [0.5, 0.6) is 0 Å². The molecule has 5 nitrogen and oxygen atoms in total. The average molecular weight is 370 g/mol. The number of aryl methyl sites for hydroxylation is 1. The van der Waals surface area contributed by atoms with E-state index in [9.17, 15) is 4.39 Å². The minimum Gasteiger partial charge on any atom is -0.324 e. The van der Waals surface area contributed by atoms with Crippen molar-refractivity contribution in [3.63, 3.8) is 0 Å². The normalized spacial score (nSPS) is 11.3. The van der Waals surface area contributed by atoms with Crippen LogP contribution in [-0.4, -0.2) is 23.9 Å². The van der Waals surface area contributed by atoms with Gasteiger partial charge in [0.05, 0.1) is 17.3 Å². The summed E-state index contributed by atoms with van der Waals surface area (Å²) in [5.41, 5.74) is 3.29. The molecule has 4 rings (SSSR count). The first-order chi connectivity index (χ1) is 12.7. The van der Waals surface area contributed by atoms with Gasteiger partial charge in [-0.1, -0.05) is 31.0 Å². The molecule has 0 amide bonds. The summed E-state index contributed by atoms with van der Waals surface area (Å²) in [6, 6.07) is 8.45. The fourth-order valence-electron chi connectivity index (χ4n) is 3.12. The smallest absolute Gasteiger partial charge is 0.213 e. The standard InChI is InChI=1S/C19H17ClFN5/c1-2-5-16-15(24-18-13(20)6-4-10-26(16)18)12-25-11-9-22-19(25)14-7-3-8-17(21)23-14/h3-4,6-11H,2,5,12H2,1H3. The maximum absolute atomic E-state index is 13.5. The van der Waals surface area contributed by atoms with Crippen LogP contribution in [0.15, 0.2) is 48.9 Å². The van der Waals surface area contributed by atoms with Gasteiger partial charge in [-0.25, -0.2) is 15.0 Å². The van der Waals surface area contributed by atoms with E-state index in [0.717, 1.165) is 29.9 Å². The zero-order chi connectivity index (χ0) is 18.1. The van der Waals surface area contributed by atoms with Crippen molar-refractivity contribution in [3.8, 4) is 11.5 Å². The van der Waals surface area contributed by atoms with Crippen molar-refractivity contribution in [2.75, 3.05) is 0 Å². The molecule has 26 heavy (non-hydrogen) atoms. The molecule has 0 unspecified atom stereocenters. The van der Waals surface area contributed by atoms with E-state index in [0.29, 0.717) is 23.1 Å². The zero-order valence-electron chi connectivity index (χ0n) is 14.2. The highest BCUT2D eigenvalue weighted by molar-refractivity contribution is 6.33. The third-order valence-corrected chi connectivity index (χ3v) is 4.55. The Labute approximate surface area is 155 Å². The lowest BCUT2D eigenvalue weighted by molar-refractivity contribution is 0.584. The van der Waals surface area contributed by atoms with Gasteiger partial charge in [0, 0.05) is 24.3 Å². The molecule has 0 fully saturated rings. The molecule has 4 heterocycles. The van der Waals surface area contributed by atoms with Crippen molar-refractivity contribution < 1.29 is 4.39 Å². The highest BCUT2D eigenvalue weighted by Gasteiger charge is 2.16. The van der Waals surface area contributed by atoms with Crippen LogP contribution in [0.4, 0.5) is 4.39 Å². The van der Waals surface area contributed by atoms with Crippen LogP contribution in [0.1, 0.15) is 24.7 Å². The van der Waals surface area contributed by atoms with Crippen molar-refractivity contribution in [1.82, 2.24) is 23.9 Å².